The summed E-state index contributed by atoms with van der Waals surface area (Å²) in [5.41, 5.74) is 0. The SMILES string of the molecule is CCCCCCC[CH2][Al]([CH2]CCCCCCC)[O]C(C)OCC(C)C. The Bertz CT molecular complexity index is 242. The van der Waals surface area contributed by atoms with E-state index in [0.717, 1.165) is 6.61 Å². The van der Waals surface area contributed by atoms with E-state index in [-0.39, 0.29) is 6.29 Å². The van der Waals surface area contributed by atoms with Crippen LogP contribution in [0.5, 0.6) is 0 Å². The fraction of sp³-hybridized carbons (Fsp3) is 1.00. The van der Waals surface area contributed by atoms with Gasteiger partial charge in [-0.05, 0) is 12.8 Å². The first-order chi connectivity index (χ1) is 12.1. The molecule has 0 saturated carbocycles. The number of unbranched alkanes of at least 4 members (excludes halogenated alkanes) is 10. The average Bonchev–Trinajstić information content (AvgIpc) is 2.58. The van der Waals surface area contributed by atoms with E-state index in [9.17, 15) is 0 Å². The number of hydrogen-bond donors (Lipinski definition) is 0. The van der Waals surface area contributed by atoms with Gasteiger partial charge in [-0.2, -0.15) is 0 Å². The van der Waals surface area contributed by atoms with Gasteiger partial charge in [0.25, 0.3) is 0 Å². The summed E-state index contributed by atoms with van der Waals surface area (Å²) in [6.07, 6.45) is 16.6. The molecule has 25 heavy (non-hydrogen) atoms. The summed E-state index contributed by atoms with van der Waals surface area (Å²) in [6, 6.07) is 0. The molecule has 0 aromatic rings. The molecule has 0 rings (SSSR count). The Labute approximate surface area is 164 Å². The first-order valence-electron chi connectivity index (χ1n) is 11.4. The number of rotatable bonds is 19. The van der Waals surface area contributed by atoms with Crippen molar-refractivity contribution < 1.29 is 8.53 Å². The maximum absolute atomic E-state index is 6.37. The van der Waals surface area contributed by atoms with Gasteiger partial charge < -0.3 is 8.53 Å². The minimum Gasteiger partial charge on any atom is -0.478 e. The molecule has 0 fully saturated rings. The second kappa shape index (κ2) is 19.2. The van der Waals surface area contributed by atoms with Crippen molar-refractivity contribution in [2.24, 2.45) is 5.92 Å². The zero-order valence-corrected chi connectivity index (χ0v) is 19.3. The molecule has 1 unspecified atom stereocenters. The van der Waals surface area contributed by atoms with Crippen LogP contribution in [0.4, 0.5) is 0 Å². The van der Waals surface area contributed by atoms with Crippen molar-refractivity contribution in [1.29, 1.82) is 0 Å². The summed E-state index contributed by atoms with van der Waals surface area (Å²) in [4.78, 5) is 0. The topological polar surface area (TPSA) is 18.5 Å². The molecule has 0 spiro atoms. The average molecular weight is 371 g/mol. The van der Waals surface area contributed by atoms with Gasteiger partial charge in [-0.1, -0.05) is 115 Å². The van der Waals surface area contributed by atoms with E-state index in [1.165, 1.54) is 87.6 Å². The highest BCUT2D eigenvalue weighted by molar-refractivity contribution is 6.51. The molecule has 0 bridgehead atoms. The standard InChI is InChI=1S/2C8H17.C6H13O2.Al/c2*1-3-5-7-8-6-4-2;1-5(2)4-8-6(3)7;/h2*1,3-8H2,2H3;5-6H,4H2,1-3H3;/q;;-1;+1. The van der Waals surface area contributed by atoms with Crippen molar-refractivity contribution >= 4 is 14.5 Å². The van der Waals surface area contributed by atoms with Gasteiger partial charge in [-0.15, -0.1) is 0 Å². The monoisotopic (exact) mass is 370 g/mol. The van der Waals surface area contributed by atoms with Gasteiger partial charge in [0.1, 0.15) is 6.29 Å². The molecule has 0 aromatic heterocycles. The molecule has 0 heterocycles. The molecule has 0 aliphatic heterocycles. The maximum atomic E-state index is 6.37. The van der Waals surface area contributed by atoms with Crippen LogP contribution in [-0.4, -0.2) is 27.4 Å². The summed E-state index contributed by atoms with van der Waals surface area (Å²) in [6.45, 7) is 11.9. The Balaban J connectivity index is 3.99. The molecule has 0 aliphatic carbocycles. The molecule has 1 atom stereocenters. The maximum Gasteiger partial charge on any atom is 0.462 e. The minimum atomic E-state index is -1.10. The van der Waals surface area contributed by atoms with E-state index in [1.54, 1.807) is 0 Å². The van der Waals surface area contributed by atoms with Crippen LogP contribution in [-0.2, 0) is 8.53 Å². The second-order valence-electron chi connectivity index (χ2n) is 8.17. The lowest BCUT2D eigenvalue weighted by Crippen LogP contribution is -2.27. The quantitative estimate of drug-likeness (QED) is 0.131. The van der Waals surface area contributed by atoms with E-state index >= 15 is 0 Å². The third kappa shape index (κ3) is 19.0. The summed E-state index contributed by atoms with van der Waals surface area (Å²) >= 11 is -1.10. The molecular formula is C22H47AlO2. The molecule has 0 aromatic carbocycles. The molecule has 150 valence electrons. The van der Waals surface area contributed by atoms with Crippen LogP contribution in [0.15, 0.2) is 0 Å². The van der Waals surface area contributed by atoms with Crippen molar-refractivity contribution in [2.75, 3.05) is 6.61 Å². The Morgan fingerprint density at radius 1 is 0.640 bits per heavy atom. The van der Waals surface area contributed by atoms with Crippen LogP contribution < -0.4 is 0 Å². The van der Waals surface area contributed by atoms with Crippen molar-refractivity contribution in [3.8, 4) is 0 Å². The smallest absolute Gasteiger partial charge is 0.462 e. The zero-order valence-electron chi connectivity index (χ0n) is 18.2. The van der Waals surface area contributed by atoms with Crippen LogP contribution in [0.25, 0.3) is 0 Å². The molecule has 3 heteroatoms. The Morgan fingerprint density at radius 2 is 1.08 bits per heavy atom. The third-order valence-corrected chi connectivity index (χ3v) is 7.68. The predicted molar refractivity (Wildman–Crippen MR) is 113 cm³/mol. The van der Waals surface area contributed by atoms with Crippen molar-refractivity contribution in [3.63, 3.8) is 0 Å². The lowest BCUT2D eigenvalue weighted by Gasteiger charge is -2.21. The van der Waals surface area contributed by atoms with Crippen LogP contribution in [0.1, 0.15) is 112 Å². The first-order valence-corrected chi connectivity index (χ1v) is 13.5. The van der Waals surface area contributed by atoms with E-state index < -0.39 is 14.5 Å². The van der Waals surface area contributed by atoms with Crippen LogP contribution >= 0.6 is 0 Å². The highest BCUT2D eigenvalue weighted by Gasteiger charge is 2.22. The first kappa shape index (κ1) is 25.5. The van der Waals surface area contributed by atoms with Crippen molar-refractivity contribution in [1.82, 2.24) is 0 Å². The molecular weight excluding hydrogens is 323 g/mol. The molecule has 0 radical (unpaired) electrons. The summed E-state index contributed by atoms with van der Waals surface area (Å²) < 4.78 is 12.2. The van der Waals surface area contributed by atoms with Gasteiger partial charge in [0.15, 0.2) is 0 Å². The van der Waals surface area contributed by atoms with Crippen LogP contribution in [0, 0.1) is 5.92 Å². The summed E-state index contributed by atoms with van der Waals surface area (Å²) in [5, 5.41) is 2.69. The van der Waals surface area contributed by atoms with E-state index in [0.29, 0.717) is 5.92 Å². The lowest BCUT2D eigenvalue weighted by atomic mass is 10.1. The van der Waals surface area contributed by atoms with Gasteiger partial charge in [0.05, 0.1) is 6.61 Å². The van der Waals surface area contributed by atoms with Crippen molar-refractivity contribution in [2.45, 2.75) is 129 Å². The molecule has 0 aliphatic rings. The van der Waals surface area contributed by atoms with E-state index in [2.05, 4.69) is 34.6 Å². The Morgan fingerprint density at radius 3 is 1.52 bits per heavy atom. The highest BCUT2D eigenvalue weighted by Crippen LogP contribution is 2.17. The predicted octanol–water partition coefficient (Wildman–Crippen LogP) is 7.73. The molecule has 2 nitrogen and oxygen atoms in total. The Kier molecular flexibility index (Phi) is 19.6. The molecule has 0 saturated heterocycles. The third-order valence-electron chi connectivity index (χ3n) is 4.81. The summed E-state index contributed by atoms with van der Waals surface area (Å²) in [7, 11) is 0. The van der Waals surface area contributed by atoms with Crippen LogP contribution in [0.2, 0.25) is 10.6 Å². The highest BCUT2D eigenvalue weighted by atomic mass is 27.2. The molecule has 0 N–H and O–H groups in total. The zero-order chi connectivity index (χ0) is 18.8. The Hall–Kier alpha value is 0.452. The van der Waals surface area contributed by atoms with Gasteiger partial charge in [0.2, 0.25) is 0 Å². The number of ether oxygens (including phenoxy) is 1. The molecule has 0 amide bonds. The minimum absolute atomic E-state index is 0.000695. The lowest BCUT2D eigenvalue weighted by molar-refractivity contribution is -0.0787. The fourth-order valence-corrected chi connectivity index (χ4v) is 5.89. The van der Waals surface area contributed by atoms with E-state index in [4.69, 9.17) is 8.53 Å². The van der Waals surface area contributed by atoms with Gasteiger partial charge in [0, 0.05) is 0 Å². The van der Waals surface area contributed by atoms with Gasteiger partial charge >= 0.3 is 14.5 Å². The number of hydrogen-bond acceptors (Lipinski definition) is 2. The van der Waals surface area contributed by atoms with Crippen LogP contribution in [0.3, 0.4) is 0 Å². The van der Waals surface area contributed by atoms with Crippen molar-refractivity contribution in [3.05, 3.63) is 0 Å². The van der Waals surface area contributed by atoms with E-state index in [1.807, 2.05) is 0 Å². The summed E-state index contributed by atoms with van der Waals surface area (Å²) in [5.74, 6) is 0.586. The largest absolute Gasteiger partial charge is 0.478 e. The normalized spacial score (nSPS) is 12.7. The fourth-order valence-electron chi connectivity index (χ4n) is 3.22. The van der Waals surface area contributed by atoms with Gasteiger partial charge in [-0.25, -0.2) is 0 Å². The van der Waals surface area contributed by atoms with Gasteiger partial charge in [-0.3, -0.25) is 0 Å². The second-order valence-corrected chi connectivity index (χ2v) is 10.8.